The first kappa shape index (κ1) is 13.1. The highest BCUT2D eigenvalue weighted by atomic mass is 16.5. The van der Waals surface area contributed by atoms with Gasteiger partial charge in [-0.3, -0.25) is 4.79 Å². The molecule has 0 spiro atoms. The molecular formula is C14H15NO5. The lowest BCUT2D eigenvalue weighted by molar-refractivity contribution is -0.147. The Morgan fingerprint density at radius 1 is 1.20 bits per heavy atom. The molecule has 1 unspecified atom stereocenters. The third kappa shape index (κ3) is 2.28. The largest absolute Gasteiger partial charge is 0.480 e. The second-order valence-electron chi connectivity index (χ2n) is 4.90. The minimum Gasteiger partial charge on any atom is -0.480 e. The Labute approximate surface area is 115 Å². The van der Waals surface area contributed by atoms with Crippen molar-refractivity contribution in [3.05, 3.63) is 34.9 Å². The SMILES string of the molecule is O=C(O)C1COCCN1C(=O)c1ccc2c(c1)COC2. The smallest absolute Gasteiger partial charge is 0.328 e. The van der Waals surface area contributed by atoms with Crippen LogP contribution in [0.4, 0.5) is 0 Å². The fourth-order valence-electron chi connectivity index (χ4n) is 2.52. The maximum Gasteiger partial charge on any atom is 0.328 e. The Balaban J connectivity index is 1.85. The molecule has 1 amide bonds. The van der Waals surface area contributed by atoms with Crippen LogP contribution in [0.25, 0.3) is 0 Å². The van der Waals surface area contributed by atoms with Crippen molar-refractivity contribution in [2.24, 2.45) is 0 Å². The third-order valence-electron chi connectivity index (χ3n) is 3.64. The molecule has 6 nitrogen and oxygen atoms in total. The molecular weight excluding hydrogens is 262 g/mol. The first-order valence-electron chi connectivity index (χ1n) is 6.48. The summed E-state index contributed by atoms with van der Waals surface area (Å²) in [6.07, 6.45) is 0. The van der Waals surface area contributed by atoms with Gasteiger partial charge in [0.25, 0.3) is 5.91 Å². The van der Waals surface area contributed by atoms with E-state index >= 15 is 0 Å². The van der Waals surface area contributed by atoms with Gasteiger partial charge in [-0.05, 0) is 23.3 Å². The third-order valence-corrected chi connectivity index (χ3v) is 3.64. The molecule has 1 fully saturated rings. The number of fused-ring (bicyclic) bond motifs is 1. The van der Waals surface area contributed by atoms with Crippen LogP contribution in [-0.2, 0) is 27.5 Å². The van der Waals surface area contributed by atoms with Gasteiger partial charge in [-0.25, -0.2) is 4.79 Å². The van der Waals surface area contributed by atoms with Crippen LogP contribution in [0.1, 0.15) is 21.5 Å². The number of amides is 1. The number of hydrogen-bond acceptors (Lipinski definition) is 4. The molecule has 2 heterocycles. The summed E-state index contributed by atoms with van der Waals surface area (Å²) in [5, 5.41) is 9.17. The van der Waals surface area contributed by atoms with Gasteiger partial charge in [0.05, 0.1) is 26.4 Å². The summed E-state index contributed by atoms with van der Waals surface area (Å²) in [4.78, 5) is 25.0. The summed E-state index contributed by atoms with van der Waals surface area (Å²) in [6, 6.07) is 4.47. The lowest BCUT2D eigenvalue weighted by Gasteiger charge is -2.33. The fraction of sp³-hybridized carbons (Fsp3) is 0.429. The van der Waals surface area contributed by atoms with E-state index in [1.54, 1.807) is 12.1 Å². The number of morpholine rings is 1. The standard InChI is InChI=1S/C14H15NO5/c16-13(15-3-4-19-8-12(15)14(17)18)9-1-2-10-6-20-7-11(10)5-9/h1-2,5,12H,3-4,6-8H2,(H,17,18). The molecule has 0 aliphatic carbocycles. The highest BCUT2D eigenvalue weighted by molar-refractivity contribution is 5.97. The van der Waals surface area contributed by atoms with Crippen molar-refractivity contribution in [1.82, 2.24) is 4.90 Å². The van der Waals surface area contributed by atoms with Crippen molar-refractivity contribution in [2.45, 2.75) is 19.3 Å². The predicted molar refractivity (Wildman–Crippen MR) is 68.2 cm³/mol. The van der Waals surface area contributed by atoms with Gasteiger partial charge >= 0.3 is 5.97 Å². The van der Waals surface area contributed by atoms with Crippen LogP contribution in [0, 0.1) is 0 Å². The summed E-state index contributed by atoms with van der Waals surface area (Å²) in [5.74, 6) is -1.31. The molecule has 2 aliphatic heterocycles. The number of carbonyl (C=O) groups is 2. The van der Waals surface area contributed by atoms with Gasteiger partial charge in [-0.1, -0.05) is 6.07 Å². The predicted octanol–water partition coefficient (Wildman–Crippen LogP) is 0.642. The maximum absolute atomic E-state index is 12.5. The van der Waals surface area contributed by atoms with E-state index in [0.717, 1.165) is 11.1 Å². The van der Waals surface area contributed by atoms with Gasteiger partial charge in [0.15, 0.2) is 6.04 Å². The molecule has 0 aromatic heterocycles. The van der Waals surface area contributed by atoms with E-state index in [9.17, 15) is 9.59 Å². The highest BCUT2D eigenvalue weighted by Gasteiger charge is 2.33. The molecule has 1 atom stereocenters. The van der Waals surface area contributed by atoms with Crippen molar-refractivity contribution < 1.29 is 24.2 Å². The molecule has 0 radical (unpaired) electrons. The summed E-state index contributed by atoms with van der Waals surface area (Å²) in [6.45, 7) is 1.77. The molecule has 6 heteroatoms. The number of nitrogens with zero attached hydrogens (tertiary/aromatic N) is 1. The average molecular weight is 277 g/mol. The van der Waals surface area contributed by atoms with Crippen LogP contribution in [0.3, 0.4) is 0 Å². The summed E-state index contributed by atoms with van der Waals surface area (Å²) < 4.78 is 10.5. The number of carboxylic acids is 1. The monoisotopic (exact) mass is 277 g/mol. The minimum atomic E-state index is -1.04. The minimum absolute atomic E-state index is 0.0368. The van der Waals surface area contributed by atoms with Crippen LogP contribution in [0.15, 0.2) is 18.2 Å². The topological polar surface area (TPSA) is 76.1 Å². The first-order chi connectivity index (χ1) is 9.66. The molecule has 1 saturated heterocycles. The van der Waals surface area contributed by atoms with Crippen molar-refractivity contribution in [3.63, 3.8) is 0 Å². The van der Waals surface area contributed by atoms with Gasteiger partial charge in [0.2, 0.25) is 0 Å². The number of carboxylic acid groups (broad SMARTS) is 1. The summed E-state index contributed by atoms with van der Waals surface area (Å²) >= 11 is 0. The van der Waals surface area contributed by atoms with Crippen LogP contribution >= 0.6 is 0 Å². The number of carbonyl (C=O) groups excluding carboxylic acids is 1. The van der Waals surface area contributed by atoms with Gasteiger partial charge in [-0.15, -0.1) is 0 Å². The average Bonchev–Trinajstić information content (AvgIpc) is 2.93. The van der Waals surface area contributed by atoms with E-state index in [-0.39, 0.29) is 12.5 Å². The van der Waals surface area contributed by atoms with E-state index in [2.05, 4.69) is 0 Å². The highest BCUT2D eigenvalue weighted by Crippen LogP contribution is 2.22. The fourth-order valence-corrected chi connectivity index (χ4v) is 2.52. The molecule has 20 heavy (non-hydrogen) atoms. The summed E-state index contributed by atoms with van der Waals surface area (Å²) in [5.41, 5.74) is 2.58. The Hall–Kier alpha value is -1.92. The van der Waals surface area contributed by atoms with Crippen molar-refractivity contribution in [1.29, 1.82) is 0 Å². The van der Waals surface area contributed by atoms with Gasteiger partial charge in [-0.2, -0.15) is 0 Å². The summed E-state index contributed by atoms with van der Waals surface area (Å²) in [7, 11) is 0. The first-order valence-corrected chi connectivity index (χ1v) is 6.48. The Morgan fingerprint density at radius 2 is 2.00 bits per heavy atom. The second-order valence-corrected chi connectivity index (χ2v) is 4.90. The van der Waals surface area contributed by atoms with Gasteiger partial charge in [0.1, 0.15) is 0 Å². The van der Waals surface area contributed by atoms with Crippen LogP contribution in [0.2, 0.25) is 0 Å². The molecule has 1 aromatic carbocycles. The Kier molecular flexibility index (Phi) is 3.42. The molecule has 2 aliphatic rings. The van der Waals surface area contributed by atoms with Crippen molar-refractivity contribution >= 4 is 11.9 Å². The van der Waals surface area contributed by atoms with Crippen LogP contribution in [-0.4, -0.2) is 47.7 Å². The van der Waals surface area contributed by atoms with E-state index in [1.165, 1.54) is 4.90 Å². The van der Waals surface area contributed by atoms with Gasteiger partial charge in [0, 0.05) is 12.1 Å². The molecule has 0 saturated carbocycles. The number of aliphatic carboxylic acids is 1. The number of benzene rings is 1. The lowest BCUT2D eigenvalue weighted by Crippen LogP contribution is -2.52. The molecule has 1 aromatic rings. The van der Waals surface area contributed by atoms with E-state index in [0.29, 0.717) is 31.9 Å². The van der Waals surface area contributed by atoms with Crippen molar-refractivity contribution in [2.75, 3.05) is 19.8 Å². The van der Waals surface area contributed by atoms with Gasteiger partial charge < -0.3 is 19.5 Å². The quantitative estimate of drug-likeness (QED) is 0.858. The molecule has 3 rings (SSSR count). The van der Waals surface area contributed by atoms with Crippen molar-refractivity contribution in [3.8, 4) is 0 Å². The van der Waals surface area contributed by atoms with E-state index < -0.39 is 12.0 Å². The molecule has 106 valence electrons. The molecule has 0 bridgehead atoms. The molecule has 1 N–H and O–H groups in total. The second kappa shape index (κ2) is 5.22. The zero-order chi connectivity index (χ0) is 14.1. The number of hydrogen-bond donors (Lipinski definition) is 1. The lowest BCUT2D eigenvalue weighted by atomic mass is 10.0. The number of rotatable bonds is 2. The normalized spacial score (nSPS) is 21.6. The van der Waals surface area contributed by atoms with E-state index in [1.807, 2.05) is 6.07 Å². The number of ether oxygens (including phenoxy) is 2. The maximum atomic E-state index is 12.5. The van der Waals surface area contributed by atoms with Crippen LogP contribution in [0.5, 0.6) is 0 Å². The Morgan fingerprint density at radius 3 is 2.80 bits per heavy atom. The Bertz CT molecular complexity index is 556. The van der Waals surface area contributed by atoms with Crippen LogP contribution < -0.4 is 0 Å². The van der Waals surface area contributed by atoms with E-state index in [4.69, 9.17) is 14.6 Å². The zero-order valence-corrected chi connectivity index (χ0v) is 10.9. The zero-order valence-electron chi connectivity index (χ0n) is 10.9.